The Morgan fingerprint density at radius 1 is 1.19 bits per heavy atom. The minimum Gasteiger partial charge on any atom is -0.496 e. The van der Waals surface area contributed by atoms with Crippen molar-refractivity contribution < 1.29 is 19.0 Å². The van der Waals surface area contributed by atoms with Gasteiger partial charge in [0, 0.05) is 53.6 Å². The number of benzene rings is 2. The van der Waals surface area contributed by atoms with Crippen molar-refractivity contribution in [2.24, 2.45) is 11.5 Å². The molecule has 0 radical (unpaired) electrons. The Labute approximate surface area is 241 Å². The minimum atomic E-state index is -0.873. The SMILES string of the molecule is COc1cccc(F)c1-c1ncc(-c2ccc(-c3cnccc3C#N)cc2N2C[C@@H](N)C[C@H]2C2(O)CC2)c(C(N)=O)n1. The molecule has 0 unspecified atom stereocenters. The number of hydrogen-bond donors (Lipinski definition) is 3. The van der Waals surface area contributed by atoms with E-state index < -0.39 is 17.3 Å². The highest BCUT2D eigenvalue weighted by atomic mass is 19.1. The predicted molar refractivity (Wildman–Crippen MR) is 154 cm³/mol. The summed E-state index contributed by atoms with van der Waals surface area (Å²) in [5, 5.41) is 20.9. The van der Waals surface area contributed by atoms with Gasteiger partial charge < -0.3 is 26.2 Å². The smallest absolute Gasteiger partial charge is 0.268 e. The maximum Gasteiger partial charge on any atom is 0.268 e. The number of anilines is 1. The van der Waals surface area contributed by atoms with Crippen LogP contribution in [0.2, 0.25) is 0 Å². The van der Waals surface area contributed by atoms with E-state index in [2.05, 4.69) is 25.9 Å². The van der Waals surface area contributed by atoms with E-state index in [9.17, 15) is 19.6 Å². The van der Waals surface area contributed by atoms with Crippen molar-refractivity contribution in [2.75, 3.05) is 18.6 Å². The van der Waals surface area contributed by atoms with E-state index >= 15 is 0 Å². The molecule has 2 aromatic heterocycles. The van der Waals surface area contributed by atoms with Crippen molar-refractivity contribution in [1.82, 2.24) is 15.0 Å². The number of ether oxygens (including phenoxy) is 1. The van der Waals surface area contributed by atoms with Gasteiger partial charge in [0.1, 0.15) is 17.3 Å². The Hall–Kier alpha value is -4.92. The molecule has 0 bridgehead atoms. The van der Waals surface area contributed by atoms with E-state index in [1.807, 2.05) is 12.1 Å². The van der Waals surface area contributed by atoms with E-state index in [1.54, 1.807) is 30.6 Å². The number of aromatic nitrogens is 3. The first-order valence-electron chi connectivity index (χ1n) is 13.5. The number of hydrogen-bond acceptors (Lipinski definition) is 9. The maximum absolute atomic E-state index is 14.9. The molecule has 2 aliphatic rings. The number of pyridine rings is 1. The van der Waals surface area contributed by atoms with Crippen LogP contribution in [-0.2, 0) is 0 Å². The van der Waals surface area contributed by atoms with Gasteiger partial charge in [-0.15, -0.1) is 0 Å². The number of nitriles is 1. The quantitative estimate of drug-likeness (QED) is 0.304. The average Bonchev–Trinajstić information content (AvgIpc) is 3.63. The number of carbonyl (C=O) groups excluding carboxylic acids is 1. The summed E-state index contributed by atoms with van der Waals surface area (Å²) in [6, 6.07) is 13.2. The van der Waals surface area contributed by atoms with Gasteiger partial charge in [0.25, 0.3) is 5.91 Å². The molecule has 10 nitrogen and oxygen atoms in total. The predicted octanol–water partition coefficient (Wildman–Crippen LogP) is 3.42. The van der Waals surface area contributed by atoms with E-state index in [1.165, 1.54) is 25.4 Å². The van der Waals surface area contributed by atoms with Crippen molar-refractivity contribution in [1.29, 1.82) is 5.26 Å². The van der Waals surface area contributed by atoms with E-state index in [4.69, 9.17) is 16.2 Å². The first kappa shape index (κ1) is 27.3. The summed E-state index contributed by atoms with van der Waals surface area (Å²) in [7, 11) is 1.40. The Bertz CT molecular complexity index is 1750. The summed E-state index contributed by atoms with van der Waals surface area (Å²) >= 11 is 0. The highest BCUT2D eigenvalue weighted by Crippen LogP contribution is 2.48. The van der Waals surface area contributed by atoms with Gasteiger partial charge in [-0.1, -0.05) is 18.2 Å². The van der Waals surface area contributed by atoms with E-state index in [0.717, 1.165) is 5.56 Å². The lowest BCUT2D eigenvalue weighted by Crippen LogP contribution is -2.41. The van der Waals surface area contributed by atoms with Gasteiger partial charge in [-0.05, 0) is 49.1 Å². The van der Waals surface area contributed by atoms with Gasteiger partial charge in [-0.2, -0.15) is 5.26 Å². The summed E-state index contributed by atoms with van der Waals surface area (Å²) in [4.78, 5) is 27.9. The topological polar surface area (TPSA) is 164 Å². The Morgan fingerprint density at radius 2 is 2.00 bits per heavy atom. The minimum absolute atomic E-state index is 0.00627. The molecule has 212 valence electrons. The highest BCUT2D eigenvalue weighted by molar-refractivity contribution is 6.00. The van der Waals surface area contributed by atoms with Crippen molar-refractivity contribution >= 4 is 11.6 Å². The highest BCUT2D eigenvalue weighted by Gasteiger charge is 2.53. The summed E-state index contributed by atoms with van der Waals surface area (Å²) in [6.45, 7) is 0.457. The fourth-order valence-electron chi connectivity index (χ4n) is 5.77. The average molecular weight is 566 g/mol. The first-order valence-corrected chi connectivity index (χ1v) is 13.5. The number of amides is 1. The molecule has 11 heteroatoms. The van der Waals surface area contributed by atoms with E-state index in [-0.39, 0.29) is 34.9 Å². The number of carbonyl (C=O) groups is 1. The number of nitrogens with two attached hydrogens (primary N) is 2. The summed E-state index contributed by atoms with van der Waals surface area (Å²) in [5.74, 6) is -1.28. The summed E-state index contributed by atoms with van der Waals surface area (Å²) in [6.07, 6.45) is 6.51. The molecule has 4 aromatic rings. The summed E-state index contributed by atoms with van der Waals surface area (Å²) in [5.41, 5.74) is 14.6. The standard InChI is InChI=1S/C31H28FN7O3/c1-42-25-4-2-3-23(32)27(25)30-37-15-22(28(38-30)29(35)40)20-6-5-17(21-14-36-10-7-18(21)13-33)11-24(20)39-16-19(34)12-26(39)31(41)8-9-31/h2-7,10-11,14-15,19,26,41H,8-9,12,16,34H2,1H3,(H2,35,40)/t19-,26-/m0/s1. The number of methoxy groups -OCH3 is 1. The molecule has 42 heavy (non-hydrogen) atoms. The number of primary amides is 1. The molecular weight excluding hydrogens is 537 g/mol. The van der Waals surface area contributed by atoms with Crippen LogP contribution in [0.15, 0.2) is 61.1 Å². The second-order valence-corrected chi connectivity index (χ2v) is 10.7. The second kappa shape index (κ2) is 10.5. The monoisotopic (exact) mass is 565 g/mol. The molecule has 1 aliphatic carbocycles. The normalized spacial score (nSPS) is 18.9. The molecule has 6 rings (SSSR count). The zero-order chi connectivity index (χ0) is 29.6. The van der Waals surface area contributed by atoms with Gasteiger partial charge >= 0.3 is 0 Å². The van der Waals surface area contributed by atoms with Crippen molar-refractivity contribution in [3.63, 3.8) is 0 Å². The van der Waals surface area contributed by atoms with Crippen molar-refractivity contribution in [2.45, 2.75) is 36.9 Å². The Kier molecular flexibility index (Phi) is 6.80. The van der Waals surface area contributed by atoms with Crippen molar-refractivity contribution in [3.05, 3.63) is 78.1 Å². The second-order valence-electron chi connectivity index (χ2n) is 10.7. The van der Waals surface area contributed by atoms with Crippen LogP contribution in [0.4, 0.5) is 10.1 Å². The molecule has 2 atom stereocenters. The van der Waals surface area contributed by atoms with Gasteiger partial charge in [0.15, 0.2) is 5.82 Å². The fraction of sp³-hybridized carbons (Fsp3) is 0.258. The number of rotatable bonds is 7. The molecule has 1 saturated heterocycles. The third-order valence-electron chi connectivity index (χ3n) is 8.01. The van der Waals surface area contributed by atoms with Crippen LogP contribution in [0.5, 0.6) is 5.75 Å². The van der Waals surface area contributed by atoms with Crippen molar-refractivity contribution in [3.8, 4) is 45.5 Å². The van der Waals surface area contributed by atoms with Gasteiger partial charge in [0.2, 0.25) is 0 Å². The van der Waals surface area contributed by atoms with Crippen LogP contribution in [0.25, 0.3) is 33.6 Å². The fourth-order valence-corrected chi connectivity index (χ4v) is 5.77. The van der Waals surface area contributed by atoms with Gasteiger partial charge in [-0.3, -0.25) is 9.78 Å². The molecule has 0 spiro atoms. The molecule has 1 aliphatic heterocycles. The molecule has 1 saturated carbocycles. The third kappa shape index (κ3) is 4.70. The lowest BCUT2D eigenvalue weighted by molar-refractivity contribution is 0.0996. The van der Waals surface area contributed by atoms with Crippen LogP contribution in [0.3, 0.4) is 0 Å². The molecule has 2 aromatic carbocycles. The van der Waals surface area contributed by atoms with Crippen LogP contribution >= 0.6 is 0 Å². The Morgan fingerprint density at radius 3 is 2.71 bits per heavy atom. The molecule has 5 N–H and O–H groups in total. The van der Waals surface area contributed by atoms with Crippen LogP contribution in [0.1, 0.15) is 35.3 Å². The lowest BCUT2D eigenvalue weighted by atomic mass is 9.95. The zero-order valence-corrected chi connectivity index (χ0v) is 22.8. The van der Waals surface area contributed by atoms with Crippen LogP contribution in [0, 0.1) is 17.1 Å². The number of aliphatic hydroxyl groups is 1. The third-order valence-corrected chi connectivity index (χ3v) is 8.01. The summed E-state index contributed by atoms with van der Waals surface area (Å²) < 4.78 is 20.2. The molecule has 1 amide bonds. The van der Waals surface area contributed by atoms with Crippen LogP contribution in [-0.4, -0.2) is 57.3 Å². The zero-order valence-electron chi connectivity index (χ0n) is 22.8. The maximum atomic E-state index is 14.9. The van der Waals surface area contributed by atoms with Gasteiger partial charge in [-0.25, -0.2) is 14.4 Å². The number of halogens is 1. The number of nitrogens with zero attached hydrogens (tertiary/aromatic N) is 5. The largest absolute Gasteiger partial charge is 0.496 e. The molecule has 2 fully saturated rings. The van der Waals surface area contributed by atoms with E-state index in [0.29, 0.717) is 53.7 Å². The molecular formula is C31H28FN7O3. The first-order chi connectivity index (χ1) is 20.2. The molecule has 3 heterocycles. The lowest BCUT2D eigenvalue weighted by Gasteiger charge is -2.32. The Balaban J connectivity index is 1.56. The van der Waals surface area contributed by atoms with Gasteiger partial charge in [0.05, 0.1) is 35.9 Å². The van der Waals surface area contributed by atoms with Crippen LogP contribution < -0.4 is 21.1 Å².